The molecule has 1 heterocycles. The molecule has 0 spiro atoms. The first-order chi connectivity index (χ1) is 21.8. The molecule has 4 rings (SSSR count). The van der Waals surface area contributed by atoms with Crippen molar-refractivity contribution in [3.63, 3.8) is 0 Å². The second-order valence-corrected chi connectivity index (χ2v) is 17.3. The molecule has 1 aliphatic heterocycles. The standard InChI is InChI=1S/C32H51N5O9S/c1-8-19-17-32(19,27(40)36-47(43,44)22-14-15-22)35-25(38)23-16-21(45-28(41)33-20-12-10-9-11-13-20)18-37(23)26(39)24(30(2,3)4)34-29(42)46-31(5,6)7/h8,19-24H,1,9-18H2,2-7H3,(H,33,41)(H,34,42)(H,35,38)(H,36,40). The van der Waals surface area contributed by atoms with E-state index in [1.807, 2.05) is 0 Å². The molecule has 1 saturated heterocycles. The quantitative estimate of drug-likeness (QED) is 0.251. The van der Waals surface area contributed by atoms with Gasteiger partial charge < -0.3 is 30.3 Å². The molecule has 14 nitrogen and oxygen atoms in total. The van der Waals surface area contributed by atoms with Crippen molar-refractivity contribution in [3.8, 4) is 0 Å². The van der Waals surface area contributed by atoms with Gasteiger partial charge in [0, 0.05) is 18.4 Å². The zero-order valence-corrected chi connectivity index (χ0v) is 29.2. The lowest BCUT2D eigenvalue weighted by Gasteiger charge is -2.36. The predicted molar refractivity (Wildman–Crippen MR) is 172 cm³/mol. The SMILES string of the molecule is C=CC1CC1(NC(=O)C1CC(OC(=O)NC2CCCCC2)CN1C(=O)C(NC(=O)OC(C)(C)C)C(C)(C)C)C(=O)NS(=O)(=O)C1CC1. The van der Waals surface area contributed by atoms with Crippen LogP contribution in [-0.4, -0.2) is 90.4 Å². The first kappa shape index (κ1) is 36.5. The van der Waals surface area contributed by atoms with Gasteiger partial charge >= 0.3 is 12.2 Å². The maximum absolute atomic E-state index is 14.2. The Balaban J connectivity index is 1.56. The van der Waals surface area contributed by atoms with Crippen molar-refractivity contribution in [2.24, 2.45) is 11.3 Å². The number of amides is 5. The topological polar surface area (TPSA) is 189 Å². The van der Waals surface area contributed by atoms with E-state index in [0.29, 0.717) is 12.8 Å². The molecular formula is C32H51N5O9S. The highest BCUT2D eigenvalue weighted by Crippen LogP contribution is 2.45. The molecule has 0 bridgehead atoms. The fraction of sp³-hybridized carbons (Fsp3) is 0.781. The Morgan fingerprint density at radius 3 is 2.13 bits per heavy atom. The van der Waals surface area contributed by atoms with Gasteiger partial charge in [0.25, 0.3) is 5.91 Å². The van der Waals surface area contributed by atoms with Gasteiger partial charge in [-0.2, -0.15) is 0 Å². The number of nitrogens with zero attached hydrogens (tertiary/aromatic N) is 1. The molecule has 0 aromatic rings. The molecule has 0 radical (unpaired) electrons. The molecular weight excluding hydrogens is 630 g/mol. The summed E-state index contributed by atoms with van der Waals surface area (Å²) in [7, 11) is -3.89. The summed E-state index contributed by atoms with van der Waals surface area (Å²) in [5.41, 5.74) is -3.22. The van der Waals surface area contributed by atoms with Crippen molar-refractivity contribution in [2.45, 2.75) is 140 Å². The average Bonchev–Trinajstić information content (AvgIpc) is 3.87. The van der Waals surface area contributed by atoms with Gasteiger partial charge in [-0.1, -0.05) is 46.1 Å². The van der Waals surface area contributed by atoms with Crippen LogP contribution in [0.5, 0.6) is 0 Å². The zero-order chi connectivity index (χ0) is 34.9. The van der Waals surface area contributed by atoms with E-state index in [1.165, 1.54) is 11.0 Å². The molecule has 47 heavy (non-hydrogen) atoms. The summed E-state index contributed by atoms with van der Waals surface area (Å²) >= 11 is 0. The van der Waals surface area contributed by atoms with Crippen LogP contribution in [0.4, 0.5) is 9.59 Å². The fourth-order valence-electron chi connectivity index (χ4n) is 6.23. The molecule has 3 aliphatic carbocycles. The lowest BCUT2D eigenvalue weighted by atomic mass is 9.85. The Hall–Kier alpha value is -3.36. The number of hydrogen-bond donors (Lipinski definition) is 4. The Labute approximate surface area is 277 Å². The third-order valence-corrected chi connectivity index (χ3v) is 10.9. The summed E-state index contributed by atoms with van der Waals surface area (Å²) in [5, 5.41) is 7.60. The predicted octanol–water partition coefficient (Wildman–Crippen LogP) is 2.62. The van der Waals surface area contributed by atoms with Crippen molar-refractivity contribution in [1.29, 1.82) is 0 Å². The molecule has 4 aliphatic rings. The van der Waals surface area contributed by atoms with Crippen LogP contribution in [0.25, 0.3) is 0 Å². The number of rotatable bonds is 10. The van der Waals surface area contributed by atoms with Crippen LogP contribution >= 0.6 is 0 Å². The summed E-state index contributed by atoms with van der Waals surface area (Å²) in [6.07, 6.45) is 4.89. The highest BCUT2D eigenvalue weighted by molar-refractivity contribution is 7.91. The molecule has 0 aromatic carbocycles. The molecule has 264 valence electrons. The summed E-state index contributed by atoms with van der Waals surface area (Å²) < 4.78 is 38.4. The van der Waals surface area contributed by atoms with Gasteiger partial charge in [-0.3, -0.25) is 19.1 Å². The Morgan fingerprint density at radius 2 is 1.60 bits per heavy atom. The average molecular weight is 682 g/mol. The van der Waals surface area contributed by atoms with Crippen molar-refractivity contribution in [1.82, 2.24) is 25.6 Å². The van der Waals surface area contributed by atoms with Gasteiger partial charge in [0.05, 0.1) is 11.8 Å². The third-order valence-electron chi connectivity index (χ3n) is 9.07. The summed E-state index contributed by atoms with van der Waals surface area (Å²) in [4.78, 5) is 68.4. The molecule has 3 saturated carbocycles. The van der Waals surface area contributed by atoms with E-state index in [-0.39, 0.29) is 25.4 Å². The Bertz CT molecular complexity index is 1360. The normalized spacial score (nSPS) is 27.2. The van der Waals surface area contributed by atoms with Gasteiger partial charge in [0.1, 0.15) is 29.3 Å². The minimum Gasteiger partial charge on any atom is -0.444 e. The van der Waals surface area contributed by atoms with Crippen LogP contribution in [0.3, 0.4) is 0 Å². The second-order valence-electron chi connectivity index (χ2n) is 15.4. The van der Waals surface area contributed by atoms with E-state index in [0.717, 1.165) is 32.1 Å². The number of ether oxygens (including phenoxy) is 2. The molecule has 5 atom stereocenters. The van der Waals surface area contributed by atoms with E-state index in [1.54, 1.807) is 41.5 Å². The van der Waals surface area contributed by atoms with Crippen molar-refractivity contribution < 1.29 is 41.9 Å². The van der Waals surface area contributed by atoms with E-state index in [2.05, 4.69) is 27.3 Å². The number of nitrogens with one attached hydrogen (secondary N) is 4. The molecule has 15 heteroatoms. The van der Waals surface area contributed by atoms with Gasteiger partial charge in [0.2, 0.25) is 21.8 Å². The minimum atomic E-state index is -3.89. The van der Waals surface area contributed by atoms with Crippen LogP contribution in [0.1, 0.15) is 99.3 Å². The zero-order valence-electron chi connectivity index (χ0n) is 28.3. The summed E-state index contributed by atoms with van der Waals surface area (Å²) in [5.74, 6) is -2.72. The number of sulfonamides is 1. The highest BCUT2D eigenvalue weighted by Gasteiger charge is 2.62. The van der Waals surface area contributed by atoms with Crippen molar-refractivity contribution >= 4 is 39.9 Å². The first-order valence-electron chi connectivity index (χ1n) is 16.5. The van der Waals surface area contributed by atoms with Crippen LogP contribution in [0, 0.1) is 11.3 Å². The van der Waals surface area contributed by atoms with E-state index in [9.17, 15) is 32.4 Å². The third kappa shape index (κ3) is 9.17. The largest absolute Gasteiger partial charge is 0.444 e. The van der Waals surface area contributed by atoms with Gasteiger partial charge in [-0.25, -0.2) is 18.0 Å². The fourth-order valence-corrected chi connectivity index (χ4v) is 7.60. The van der Waals surface area contributed by atoms with Gasteiger partial charge in [-0.15, -0.1) is 6.58 Å². The Morgan fingerprint density at radius 1 is 0.957 bits per heavy atom. The van der Waals surface area contributed by atoms with Gasteiger partial charge in [-0.05, 0) is 58.3 Å². The maximum atomic E-state index is 14.2. The first-order valence-corrected chi connectivity index (χ1v) is 18.1. The van der Waals surface area contributed by atoms with Crippen LogP contribution in [-0.2, 0) is 33.9 Å². The number of alkyl carbamates (subject to hydrolysis) is 2. The van der Waals surface area contributed by atoms with E-state index in [4.69, 9.17) is 9.47 Å². The van der Waals surface area contributed by atoms with Crippen LogP contribution < -0.4 is 20.7 Å². The number of carbonyl (C=O) groups excluding carboxylic acids is 5. The molecule has 4 fully saturated rings. The highest BCUT2D eigenvalue weighted by atomic mass is 32.2. The van der Waals surface area contributed by atoms with Crippen molar-refractivity contribution in [2.75, 3.05) is 6.54 Å². The monoisotopic (exact) mass is 681 g/mol. The van der Waals surface area contributed by atoms with Crippen LogP contribution in [0.15, 0.2) is 12.7 Å². The minimum absolute atomic E-state index is 0.0197. The lowest BCUT2D eigenvalue weighted by molar-refractivity contribution is -0.143. The maximum Gasteiger partial charge on any atom is 0.408 e. The van der Waals surface area contributed by atoms with E-state index < -0.39 is 85.8 Å². The van der Waals surface area contributed by atoms with Gasteiger partial charge in [0.15, 0.2) is 0 Å². The summed E-state index contributed by atoms with van der Waals surface area (Å²) in [6.45, 7) is 13.9. The summed E-state index contributed by atoms with van der Waals surface area (Å²) in [6, 6.07) is -2.35. The molecule has 0 aromatic heterocycles. The molecule has 5 amide bonds. The van der Waals surface area contributed by atoms with Crippen LogP contribution in [0.2, 0.25) is 0 Å². The number of carbonyl (C=O) groups is 5. The molecule has 4 N–H and O–H groups in total. The second kappa shape index (κ2) is 13.6. The molecule has 5 unspecified atom stereocenters. The lowest BCUT2D eigenvalue weighted by Crippen LogP contribution is -2.60. The van der Waals surface area contributed by atoms with Crippen molar-refractivity contribution in [3.05, 3.63) is 12.7 Å². The Kier molecular flexibility index (Phi) is 10.6. The number of hydrogen-bond acceptors (Lipinski definition) is 9. The van der Waals surface area contributed by atoms with E-state index >= 15 is 0 Å². The smallest absolute Gasteiger partial charge is 0.408 e. The number of likely N-dealkylation sites (tertiary alicyclic amines) is 1.